The SMILES string of the molecule is CCCC(O)(CCC)[C@]1(c2ccccc2)[C@H](C)N1C. The maximum Gasteiger partial charge on any atom is 0.0906 e. The third-order valence-electron chi connectivity index (χ3n) is 4.92. The Hall–Kier alpha value is -0.860. The molecule has 0 bridgehead atoms. The van der Waals surface area contributed by atoms with E-state index in [9.17, 15) is 5.11 Å². The van der Waals surface area contributed by atoms with Gasteiger partial charge in [0, 0.05) is 6.04 Å². The lowest BCUT2D eigenvalue weighted by molar-refractivity contribution is -0.0347. The Bertz CT molecular complexity index is 401. The minimum Gasteiger partial charge on any atom is -0.388 e. The van der Waals surface area contributed by atoms with Crippen LogP contribution in [0.1, 0.15) is 52.0 Å². The quantitative estimate of drug-likeness (QED) is 0.792. The third kappa shape index (κ3) is 2.02. The molecule has 0 spiro atoms. The van der Waals surface area contributed by atoms with E-state index in [-0.39, 0.29) is 5.54 Å². The lowest BCUT2D eigenvalue weighted by Crippen LogP contribution is -2.46. The van der Waals surface area contributed by atoms with E-state index in [4.69, 9.17) is 0 Å². The highest BCUT2D eigenvalue weighted by molar-refractivity contribution is 5.39. The van der Waals surface area contributed by atoms with Crippen molar-refractivity contribution in [2.75, 3.05) is 7.05 Å². The van der Waals surface area contributed by atoms with Crippen molar-refractivity contribution in [3.05, 3.63) is 35.9 Å². The summed E-state index contributed by atoms with van der Waals surface area (Å²) in [5.41, 5.74) is 0.446. The van der Waals surface area contributed by atoms with Crippen molar-refractivity contribution in [3.8, 4) is 0 Å². The summed E-state index contributed by atoms with van der Waals surface area (Å²) in [5.74, 6) is 0. The van der Waals surface area contributed by atoms with E-state index in [1.165, 1.54) is 5.56 Å². The van der Waals surface area contributed by atoms with Crippen LogP contribution in [0.3, 0.4) is 0 Å². The summed E-state index contributed by atoms with van der Waals surface area (Å²) in [6, 6.07) is 10.9. The number of hydrogen-bond acceptors (Lipinski definition) is 2. The lowest BCUT2D eigenvalue weighted by atomic mass is 9.73. The summed E-state index contributed by atoms with van der Waals surface area (Å²) in [4.78, 5) is 2.33. The van der Waals surface area contributed by atoms with E-state index >= 15 is 0 Å². The van der Waals surface area contributed by atoms with Gasteiger partial charge in [0.2, 0.25) is 0 Å². The van der Waals surface area contributed by atoms with E-state index in [2.05, 4.69) is 57.0 Å². The van der Waals surface area contributed by atoms with Gasteiger partial charge in [0.1, 0.15) is 0 Å². The molecule has 2 heteroatoms. The average molecular weight is 261 g/mol. The zero-order valence-electron chi connectivity index (χ0n) is 12.7. The first-order chi connectivity index (χ1) is 9.04. The van der Waals surface area contributed by atoms with Gasteiger partial charge >= 0.3 is 0 Å². The van der Waals surface area contributed by atoms with Crippen LogP contribution in [0.15, 0.2) is 30.3 Å². The van der Waals surface area contributed by atoms with Gasteiger partial charge in [0.25, 0.3) is 0 Å². The Balaban J connectivity index is 2.46. The van der Waals surface area contributed by atoms with Crippen molar-refractivity contribution < 1.29 is 5.11 Å². The summed E-state index contributed by atoms with van der Waals surface area (Å²) in [6.45, 7) is 6.54. The second-order valence-electron chi connectivity index (χ2n) is 5.95. The highest BCUT2D eigenvalue weighted by Gasteiger charge is 2.68. The largest absolute Gasteiger partial charge is 0.388 e. The molecule has 1 aliphatic rings. The monoisotopic (exact) mass is 261 g/mol. The smallest absolute Gasteiger partial charge is 0.0906 e. The standard InChI is InChI=1S/C17H27NO/c1-5-12-16(19,13-6-2)17(14(3)18(17)4)15-10-8-7-9-11-15/h7-11,14,19H,5-6,12-13H2,1-4H3/t14-,17+,18?/m0/s1. The van der Waals surface area contributed by atoms with Gasteiger partial charge in [0.05, 0.1) is 11.1 Å². The minimum absolute atomic E-state index is 0.194. The van der Waals surface area contributed by atoms with E-state index in [0.717, 1.165) is 25.7 Å². The first-order valence-corrected chi connectivity index (χ1v) is 7.55. The number of aliphatic hydroxyl groups is 1. The molecule has 1 N–H and O–H groups in total. The van der Waals surface area contributed by atoms with Crippen molar-refractivity contribution in [1.82, 2.24) is 4.90 Å². The molecule has 1 unspecified atom stereocenters. The number of hydrogen-bond donors (Lipinski definition) is 1. The zero-order chi connectivity index (χ0) is 14.1. The molecule has 0 aromatic heterocycles. The summed E-state index contributed by atoms with van der Waals surface area (Å²) >= 11 is 0. The molecule has 106 valence electrons. The Kier molecular flexibility index (Phi) is 4.03. The second-order valence-corrected chi connectivity index (χ2v) is 5.95. The third-order valence-corrected chi connectivity index (χ3v) is 4.92. The first kappa shape index (κ1) is 14.5. The lowest BCUT2D eigenvalue weighted by Gasteiger charge is -2.38. The molecule has 19 heavy (non-hydrogen) atoms. The molecule has 1 heterocycles. The van der Waals surface area contributed by atoms with Crippen LogP contribution < -0.4 is 0 Å². The van der Waals surface area contributed by atoms with Crippen LogP contribution in [0.5, 0.6) is 0 Å². The molecule has 1 aromatic carbocycles. The van der Waals surface area contributed by atoms with Crippen LogP contribution in [0.25, 0.3) is 0 Å². The Morgan fingerprint density at radius 1 is 1.16 bits per heavy atom. The molecule has 1 fully saturated rings. The fraction of sp³-hybridized carbons (Fsp3) is 0.647. The van der Waals surface area contributed by atoms with Crippen molar-refractivity contribution >= 4 is 0 Å². The fourth-order valence-corrected chi connectivity index (χ4v) is 4.04. The summed E-state index contributed by atoms with van der Waals surface area (Å²) in [7, 11) is 2.13. The van der Waals surface area contributed by atoms with Gasteiger partial charge in [-0.3, -0.25) is 4.90 Å². The molecule has 0 aliphatic carbocycles. The number of likely N-dealkylation sites (N-methyl/N-ethyl adjacent to an activating group) is 1. The van der Waals surface area contributed by atoms with Gasteiger partial charge in [-0.15, -0.1) is 0 Å². The van der Waals surface area contributed by atoms with Crippen LogP contribution in [0, 0.1) is 0 Å². The zero-order valence-corrected chi connectivity index (χ0v) is 12.7. The summed E-state index contributed by atoms with van der Waals surface area (Å²) < 4.78 is 0. The fourth-order valence-electron chi connectivity index (χ4n) is 4.04. The van der Waals surface area contributed by atoms with Gasteiger partial charge in [-0.25, -0.2) is 0 Å². The average Bonchev–Trinajstić information content (AvgIpc) is 2.95. The number of nitrogens with zero attached hydrogens (tertiary/aromatic N) is 1. The normalized spacial score (nSPS) is 30.4. The summed E-state index contributed by atoms with van der Waals surface area (Å²) in [5, 5.41) is 11.4. The second kappa shape index (κ2) is 5.26. The molecular formula is C17H27NO. The molecule has 3 atom stereocenters. The molecule has 0 radical (unpaired) electrons. The van der Waals surface area contributed by atoms with Crippen molar-refractivity contribution in [2.24, 2.45) is 0 Å². The Labute approximate surface area is 117 Å². The van der Waals surface area contributed by atoms with Gasteiger partial charge in [-0.2, -0.15) is 0 Å². The van der Waals surface area contributed by atoms with Crippen LogP contribution >= 0.6 is 0 Å². The van der Waals surface area contributed by atoms with E-state index in [0.29, 0.717) is 6.04 Å². The Morgan fingerprint density at radius 3 is 2.00 bits per heavy atom. The van der Waals surface area contributed by atoms with E-state index in [1.54, 1.807) is 0 Å². The van der Waals surface area contributed by atoms with Gasteiger partial charge < -0.3 is 5.11 Å². The maximum atomic E-state index is 11.4. The van der Waals surface area contributed by atoms with Crippen LogP contribution in [0.4, 0.5) is 0 Å². The van der Waals surface area contributed by atoms with Crippen LogP contribution in [0.2, 0.25) is 0 Å². The molecule has 1 aliphatic heterocycles. The predicted molar refractivity (Wildman–Crippen MR) is 80.1 cm³/mol. The molecule has 1 saturated heterocycles. The highest BCUT2D eigenvalue weighted by atomic mass is 16.3. The van der Waals surface area contributed by atoms with Crippen LogP contribution in [-0.4, -0.2) is 28.7 Å². The molecule has 0 saturated carbocycles. The van der Waals surface area contributed by atoms with Crippen LogP contribution in [-0.2, 0) is 5.54 Å². The van der Waals surface area contributed by atoms with Crippen molar-refractivity contribution in [1.29, 1.82) is 0 Å². The van der Waals surface area contributed by atoms with E-state index < -0.39 is 5.60 Å². The molecular weight excluding hydrogens is 234 g/mol. The van der Waals surface area contributed by atoms with Gasteiger partial charge in [-0.05, 0) is 32.4 Å². The Morgan fingerprint density at radius 2 is 1.63 bits per heavy atom. The van der Waals surface area contributed by atoms with Gasteiger partial charge in [0.15, 0.2) is 0 Å². The van der Waals surface area contributed by atoms with Crippen molar-refractivity contribution in [2.45, 2.75) is 63.6 Å². The van der Waals surface area contributed by atoms with E-state index in [1.807, 2.05) is 6.07 Å². The first-order valence-electron chi connectivity index (χ1n) is 7.55. The molecule has 2 nitrogen and oxygen atoms in total. The van der Waals surface area contributed by atoms with Crippen molar-refractivity contribution in [3.63, 3.8) is 0 Å². The van der Waals surface area contributed by atoms with Gasteiger partial charge in [-0.1, -0.05) is 57.0 Å². The maximum absolute atomic E-state index is 11.4. The molecule has 1 aromatic rings. The number of benzene rings is 1. The number of rotatable bonds is 6. The minimum atomic E-state index is -0.619. The molecule has 0 amide bonds. The predicted octanol–water partition coefficient (Wildman–Crippen LogP) is 3.55. The topological polar surface area (TPSA) is 23.2 Å². The highest BCUT2D eigenvalue weighted by Crippen LogP contribution is 2.58. The summed E-state index contributed by atoms with van der Waals surface area (Å²) in [6.07, 6.45) is 3.77. The molecule has 2 rings (SSSR count).